The molecule has 0 unspecified atom stereocenters. The number of hydrogen-bond donors (Lipinski definition) is 0. The number of fused-ring (bicyclic) bond motifs is 1. The van der Waals surface area contributed by atoms with Crippen LogP contribution in [-0.4, -0.2) is 38.6 Å². The lowest BCUT2D eigenvalue weighted by Crippen LogP contribution is -2.02. The average Bonchev–Trinajstić information content (AvgIpc) is 3.25. The molecular weight excluding hydrogens is 384 g/mol. The Morgan fingerprint density at radius 2 is 2.15 bits per heavy atom. The Kier molecular flexibility index (Phi) is 5.84. The van der Waals surface area contributed by atoms with E-state index in [2.05, 4.69) is 15.3 Å². The normalized spacial score (nSPS) is 13.0. The first-order valence-corrected chi connectivity index (χ1v) is 8.98. The van der Waals surface area contributed by atoms with Crippen molar-refractivity contribution >= 4 is 23.7 Å². The molecule has 1 aromatic carbocycles. The Balaban J connectivity index is 1.96. The lowest BCUT2D eigenvalue weighted by molar-refractivity contribution is -0.385. The van der Waals surface area contributed by atoms with Gasteiger partial charge in [-0.15, -0.1) is 10.2 Å². The number of alkyl halides is 2. The van der Waals surface area contributed by atoms with Crippen molar-refractivity contribution in [2.75, 3.05) is 12.5 Å². The highest BCUT2D eigenvalue weighted by Gasteiger charge is 2.24. The molecule has 0 saturated carbocycles. The van der Waals surface area contributed by atoms with Gasteiger partial charge >= 0.3 is 0 Å². The number of aromatic nitrogens is 3. The van der Waals surface area contributed by atoms with Crippen molar-refractivity contribution in [3.8, 4) is 11.5 Å². The summed E-state index contributed by atoms with van der Waals surface area (Å²) in [6.07, 6.45) is 0.0371. The van der Waals surface area contributed by atoms with Crippen LogP contribution in [0.4, 0.5) is 14.5 Å². The van der Waals surface area contributed by atoms with Crippen molar-refractivity contribution < 1.29 is 23.2 Å². The molecule has 2 heterocycles. The summed E-state index contributed by atoms with van der Waals surface area (Å²) in [7, 11) is 0. The van der Waals surface area contributed by atoms with Crippen LogP contribution in [0.15, 0.2) is 22.4 Å². The van der Waals surface area contributed by atoms with Gasteiger partial charge in [0.2, 0.25) is 17.8 Å². The summed E-state index contributed by atoms with van der Waals surface area (Å²) in [5.41, 5.74) is -0.197. The van der Waals surface area contributed by atoms with E-state index in [9.17, 15) is 18.9 Å². The third-order valence-electron chi connectivity index (χ3n) is 3.59. The maximum absolute atomic E-state index is 13.2. The number of rotatable bonds is 8. The smallest absolute Gasteiger partial charge is 0.299 e. The van der Waals surface area contributed by atoms with Gasteiger partial charge in [-0.05, 0) is 12.5 Å². The van der Waals surface area contributed by atoms with Gasteiger partial charge in [0.15, 0.2) is 11.5 Å². The summed E-state index contributed by atoms with van der Waals surface area (Å²) in [5, 5.41) is 22.7. The number of nitro benzene ring substituents is 1. The summed E-state index contributed by atoms with van der Waals surface area (Å²) < 4.78 is 37.6. The highest BCUT2D eigenvalue weighted by Crippen LogP contribution is 2.37. The molecule has 0 saturated heterocycles. The molecule has 2 aromatic rings. The van der Waals surface area contributed by atoms with Crippen LogP contribution in [0.1, 0.15) is 37.6 Å². The Morgan fingerprint density at radius 1 is 1.41 bits per heavy atom. The SMILES string of the molecule is CCCCSc1nnc(C(F)F)n1/N=C/c1cc2c(cc1[N+](=O)[O-])OCO2. The first-order chi connectivity index (χ1) is 13.0. The van der Waals surface area contributed by atoms with Crippen LogP contribution < -0.4 is 9.47 Å². The molecule has 1 aliphatic heterocycles. The van der Waals surface area contributed by atoms with Crippen molar-refractivity contribution in [2.45, 2.75) is 31.3 Å². The molecule has 0 spiro atoms. The summed E-state index contributed by atoms with van der Waals surface area (Å²) in [4.78, 5) is 10.7. The summed E-state index contributed by atoms with van der Waals surface area (Å²) >= 11 is 1.24. The van der Waals surface area contributed by atoms with Crippen LogP contribution in [0.5, 0.6) is 11.5 Å². The number of halogens is 2. The van der Waals surface area contributed by atoms with Crippen molar-refractivity contribution in [3.05, 3.63) is 33.6 Å². The number of nitrogens with zero attached hydrogens (tertiary/aromatic N) is 5. The minimum absolute atomic E-state index is 0.0493. The summed E-state index contributed by atoms with van der Waals surface area (Å²) in [6.45, 7) is 1.96. The van der Waals surface area contributed by atoms with Gasteiger partial charge in [-0.25, -0.2) is 8.78 Å². The molecular formula is C15H15F2N5O4S. The van der Waals surface area contributed by atoms with Crippen LogP contribution in [0.25, 0.3) is 0 Å². The predicted molar refractivity (Wildman–Crippen MR) is 92.8 cm³/mol. The first kappa shape index (κ1) is 19.0. The van der Waals surface area contributed by atoms with E-state index in [1.54, 1.807) is 0 Å². The fourth-order valence-electron chi connectivity index (χ4n) is 2.25. The molecule has 27 heavy (non-hydrogen) atoms. The quantitative estimate of drug-likeness (QED) is 0.219. The number of ether oxygens (including phenoxy) is 2. The van der Waals surface area contributed by atoms with Crippen molar-refractivity contribution in [3.63, 3.8) is 0 Å². The van der Waals surface area contributed by atoms with Crippen LogP contribution in [-0.2, 0) is 0 Å². The molecule has 1 aliphatic rings. The number of benzene rings is 1. The molecule has 0 bridgehead atoms. The zero-order valence-electron chi connectivity index (χ0n) is 14.2. The first-order valence-electron chi connectivity index (χ1n) is 8.00. The highest BCUT2D eigenvalue weighted by atomic mass is 32.2. The number of nitro groups is 1. The zero-order chi connectivity index (χ0) is 19.4. The van der Waals surface area contributed by atoms with E-state index in [1.807, 2.05) is 6.92 Å². The molecule has 12 heteroatoms. The van der Waals surface area contributed by atoms with Gasteiger partial charge < -0.3 is 9.47 Å². The minimum atomic E-state index is -2.89. The maximum Gasteiger partial charge on any atom is 0.299 e. The predicted octanol–water partition coefficient (Wildman–Crippen LogP) is 3.63. The third-order valence-corrected chi connectivity index (χ3v) is 4.60. The monoisotopic (exact) mass is 399 g/mol. The lowest BCUT2D eigenvalue weighted by Gasteiger charge is -2.04. The Hall–Kier alpha value is -2.76. The maximum atomic E-state index is 13.2. The van der Waals surface area contributed by atoms with Gasteiger partial charge in [-0.2, -0.15) is 9.78 Å². The van der Waals surface area contributed by atoms with Crippen LogP contribution in [0, 0.1) is 10.1 Å². The fraction of sp³-hybridized carbons (Fsp3) is 0.400. The van der Waals surface area contributed by atoms with Gasteiger partial charge in [-0.3, -0.25) is 10.1 Å². The van der Waals surface area contributed by atoms with E-state index in [4.69, 9.17) is 9.47 Å². The van der Waals surface area contributed by atoms with Gasteiger partial charge in [0.1, 0.15) is 0 Å². The number of thioether (sulfide) groups is 1. The second-order valence-electron chi connectivity index (χ2n) is 5.42. The van der Waals surface area contributed by atoms with Gasteiger partial charge in [0, 0.05) is 5.75 Å². The average molecular weight is 399 g/mol. The third kappa shape index (κ3) is 4.15. The molecule has 0 N–H and O–H groups in total. The highest BCUT2D eigenvalue weighted by molar-refractivity contribution is 7.99. The van der Waals surface area contributed by atoms with E-state index in [0.29, 0.717) is 11.5 Å². The number of hydrogen-bond acceptors (Lipinski definition) is 8. The Bertz CT molecular complexity index is 874. The van der Waals surface area contributed by atoms with Crippen LogP contribution in [0.2, 0.25) is 0 Å². The minimum Gasteiger partial charge on any atom is -0.454 e. The van der Waals surface area contributed by atoms with Gasteiger partial charge in [0.25, 0.3) is 12.1 Å². The van der Waals surface area contributed by atoms with Crippen molar-refractivity contribution in [1.82, 2.24) is 14.9 Å². The van der Waals surface area contributed by atoms with Crippen LogP contribution >= 0.6 is 11.8 Å². The second kappa shape index (κ2) is 8.29. The van der Waals surface area contributed by atoms with Crippen molar-refractivity contribution in [1.29, 1.82) is 0 Å². The molecule has 0 atom stereocenters. The van der Waals surface area contributed by atoms with E-state index in [1.165, 1.54) is 23.9 Å². The van der Waals surface area contributed by atoms with E-state index in [0.717, 1.165) is 23.7 Å². The molecule has 3 rings (SSSR count). The Morgan fingerprint density at radius 3 is 2.81 bits per heavy atom. The molecule has 0 aliphatic carbocycles. The van der Waals surface area contributed by atoms with Gasteiger partial charge in [-0.1, -0.05) is 25.1 Å². The second-order valence-corrected chi connectivity index (χ2v) is 6.48. The van der Waals surface area contributed by atoms with E-state index < -0.39 is 17.2 Å². The molecule has 0 radical (unpaired) electrons. The fourth-order valence-corrected chi connectivity index (χ4v) is 3.22. The molecule has 9 nitrogen and oxygen atoms in total. The molecule has 144 valence electrons. The molecule has 1 aromatic heterocycles. The van der Waals surface area contributed by atoms with E-state index >= 15 is 0 Å². The van der Waals surface area contributed by atoms with Crippen LogP contribution in [0.3, 0.4) is 0 Å². The largest absolute Gasteiger partial charge is 0.454 e. The number of unbranched alkanes of at least 4 members (excludes halogenated alkanes) is 1. The topological polar surface area (TPSA) is 105 Å². The van der Waals surface area contributed by atoms with E-state index in [-0.39, 0.29) is 28.9 Å². The van der Waals surface area contributed by atoms with Crippen molar-refractivity contribution in [2.24, 2.45) is 5.10 Å². The zero-order valence-corrected chi connectivity index (χ0v) is 15.0. The lowest BCUT2D eigenvalue weighted by atomic mass is 10.1. The van der Waals surface area contributed by atoms with Gasteiger partial charge in [0.05, 0.1) is 22.8 Å². The summed E-state index contributed by atoms with van der Waals surface area (Å²) in [6, 6.07) is 2.58. The molecule has 0 amide bonds. The standard InChI is InChI=1S/C15H15F2N5O4S/c1-2-3-4-27-15-20-19-14(13(16)17)21(15)18-7-9-5-11-12(26-8-25-11)6-10(9)22(23)24/h5-7,13H,2-4,8H2,1H3/b18-7+. The Labute approximate surface area is 156 Å². The molecule has 0 fully saturated rings. The summed E-state index contributed by atoms with van der Waals surface area (Å²) in [5.74, 6) is 0.593.